The number of rotatable bonds is 4. The van der Waals surface area contributed by atoms with Crippen LogP contribution in [0.5, 0.6) is 0 Å². The highest BCUT2D eigenvalue weighted by molar-refractivity contribution is 7.92. The average molecular weight is 386 g/mol. The fourth-order valence-corrected chi connectivity index (χ4v) is 4.56. The number of likely N-dealkylation sites (tertiary alicyclic amines) is 1. The number of carbonyl (C=O) groups is 1. The van der Waals surface area contributed by atoms with Crippen LogP contribution in [0.15, 0.2) is 18.2 Å². The number of sulfonamides is 1. The minimum Gasteiger partial charge on any atom is -0.339 e. The van der Waals surface area contributed by atoms with Crippen molar-refractivity contribution in [3.63, 3.8) is 0 Å². The number of halogens is 1. The molecule has 1 atom stereocenters. The summed E-state index contributed by atoms with van der Waals surface area (Å²) in [6.45, 7) is 3.57. The van der Waals surface area contributed by atoms with Crippen LogP contribution < -0.4 is 10.0 Å². The number of nitrogens with one attached hydrogen (secondary N) is 2. The molecule has 2 saturated heterocycles. The van der Waals surface area contributed by atoms with Crippen LogP contribution >= 0.6 is 11.6 Å². The molecule has 1 amide bonds. The number of benzene rings is 1. The van der Waals surface area contributed by atoms with E-state index in [2.05, 4.69) is 10.0 Å². The second kappa shape index (κ2) is 7.51. The van der Waals surface area contributed by atoms with Gasteiger partial charge in [0.25, 0.3) is 5.91 Å². The van der Waals surface area contributed by atoms with Crippen molar-refractivity contribution in [3.8, 4) is 0 Å². The smallest absolute Gasteiger partial charge is 0.256 e. The predicted molar refractivity (Wildman–Crippen MR) is 99.5 cm³/mol. The zero-order valence-corrected chi connectivity index (χ0v) is 15.9. The maximum Gasteiger partial charge on any atom is 0.256 e. The van der Waals surface area contributed by atoms with Gasteiger partial charge in [-0.1, -0.05) is 11.6 Å². The molecular formula is C17H24ClN3O3S. The minimum absolute atomic E-state index is 0.170. The Morgan fingerprint density at radius 1 is 1.24 bits per heavy atom. The molecule has 3 rings (SSSR count). The molecule has 0 spiro atoms. The lowest BCUT2D eigenvalue weighted by Gasteiger charge is -2.35. The zero-order chi connectivity index (χ0) is 18.0. The van der Waals surface area contributed by atoms with Crippen molar-refractivity contribution < 1.29 is 13.2 Å². The zero-order valence-electron chi connectivity index (χ0n) is 14.3. The molecule has 1 aromatic rings. The number of amides is 1. The predicted octanol–water partition coefficient (Wildman–Crippen LogP) is 2.17. The Bertz CT molecular complexity index is 740. The highest BCUT2D eigenvalue weighted by atomic mass is 35.5. The number of hydrogen-bond donors (Lipinski definition) is 2. The Balaban J connectivity index is 1.72. The molecule has 8 heteroatoms. The van der Waals surface area contributed by atoms with Gasteiger partial charge in [0, 0.05) is 18.1 Å². The van der Waals surface area contributed by atoms with Gasteiger partial charge in [0.15, 0.2) is 0 Å². The number of hydrogen-bond acceptors (Lipinski definition) is 4. The molecule has 2 aliphatic rings. The lowest BCUT2D eigenvalue weighted by Crippen LogP contribution is -2.40. The van der Waals surface area contributed by atoms with Crippen LogP contribution in [-0.4, -0.2) is 51.7 Å². The maximum absolute atomic E-state index is 12.9. The van der Waals surface area contributed by atoms with Crippen LogP contribution in [0.25, 0.3) is 0 Å². The molecule has 2 aliphatic heterocycles. The summed E-state index contributed by atoms with van der Waals surface area (Å²) in [4.78, 5) is 14.7. The standard InChI is InChI=1S/C17H24ClN3O3S/c1-25(23,24)20-16-3-2-14(18)10-15(16)17(22)21-8-5-12(6-9-21)13-4-7-19-11-13/h2-3,10,12-13,19-20H,4-9,11H2,1H3. The molecule has 0 aliphatic carbocycles. The van der Waals surface area contributed by atoms with Crippen LogP contribution in [0.1, 0.15) is 29.6 Å². The molecule has 1 unspecified atom stereocenters. The first-order valence-electron chi connectivity index (χ1n) is 8.61. The summed E-state index contributed by atoms with van der Waals surface area (Å²) in [5, 5.41) is 3.82. The SMILES string of the molecule is CS(=O)(=O)Nc1ccc(Cl)cc1C(=O)N1CCC(C2CCNC2)CC1. The third-order valence-electron chi connectivity index (χ3n) is 5.10. The Labute approximate surface area is 154 Å². The Kier molecular flexibility index (Phi) is 5.55. The fraction of sp³-hybridized carbons (Fsp3) is 0.588. The Morgan fingerprint density at radius 2 is 1.96 bits per heavy atom. The van der Waals surface area contributed by atoms with E-state index in [1.165, 1.54) is 18.6 Å². The summed E-state index contributed by atoms with van der Waals surface area (Å²) in [7, 11) is -3.47. The van der Waals surface area contributed by atoms with Crippen molar-refractivity contribution >= 4 is 33.2 Å². The van der Waals surface area contributed by atoms with E-state index in [4.69, 9.17) is 11.6 Å². The highest BCUT2D eigenvalue weighted by Crippen LogP contribution is 2.30. The van der Waals surface area contributed by atoms with Gasteiger partial charge in [-0.15, -0.1) is 0 Å². The van der Waals surface area contributed by atoms with Gasteiger partial charge in [-0.2, -0.15) is 0 Å². The molecule has 1 aromatic carbocycles. The van der Waals surface area contributed by atoms with Gasteiger partial charge in [-0.25, -0.2) is 8.42 Å². The van der Waals surface area contributed by atoms with Crippen molar-refractivity contribution in [1.29, 1.82) is 0 Å². The summed E-state index contributed by atoms with van der Waals surface area (Å²) in [5.74, 6) is 1.20. The lowest BCUT2D eigenvalue weighted by atomic mass is 9.83. The first-order chi connectivity index (χ1) is 11.8. The number of anilines is 1. The van der Waals surface area contributed by atoms with E-state index < -0.39 is 10.0 Å². The molecular weight excluding hydrogens is 362 g/mol. The van der Waals surface area contributed by atoms with Gasteiger partial charge in [-0.3, -0.25) is 9.52 Å². The molecule has 2 heterocycles. The molecule has 0 saturated carbocycles. The van der Waals surface area contributed by atoms with Crippen LogP contribution in [0.3, 0.4) is 0 Å². The molecule has 0 radical (unpaired) electrons. The van der Waals surface area contributed by atoms with Crippen molar-refractivity contribution in [2.24, 2.45) is 11.8 Å². The summed E-state index contributed by atoms with van der Waals surface area (Å²) in [6, 6.07) is 4.64. The van der Waals surface area contributed by atoms with Gasteiger partial charge in [0.05, 0.1) is 17.5 Å². The van der Waals surface area contributed by atoms with Crippen molar-refractivity contribution in [2.45, 2.75) is 19.3 Å². The summed E-state index contributed by atoms with van der Waals surface area (Å²) < 4.78 is 25.5. The first-order valence-corrected chi connectivity index (χ1v) is 10.9. The largest absolute Gasteiger partial charge is 0.339 e. The lowest BCUT2D eigenvalue weighted by molar-refractivity contribution is 0.0664. The van der Waals surface area contributed by atoms with E-state index in [0.717, 1.165) is 32.2 Å². The Morgan fingerprint density at radius 3 is 2.56 bits per heavy atom. The third kappa shape index (κ3) is 4.65. The molecule has 138 valence electrons. The quantitative estimate of drug-likeness (QED) is 0.832. The van der Waals surface area contributed by atoms with Gasteiger partial charge in [0.2, 0.25) is 10.0 Å². The molecule has 2 fully saturated rings. The second-order valence-electron chi connectivity index (χ2n) is 6.95. The molecule has 6 nitrogen and oxygen atoms in total. The van der Waals surface area contributed by atoms with Crippen LogP contribution in [-0.2, 0) is 10.0 Å². The van der Waals surface area contributed by atoms with Gasteiger partial charge in [0.1, 0.15) is 0 Å². The van der Waals surface area contributed by atoms with Crippen molar-refractivity contribution in [2.75, 3.05) is 37.2 Å². The minimum atomic E-state index is -3.47. The molecule has 0 aromatic heterocycles. The highest BCUT2D eigenvalue weighted by Gasteiger charge is 2.31. The average Bonchev–Trinajstić information content (AvgIpc) is 3.09. The van der Waals surface area contributed by atoms with Gasteiger partial charge in [-0.05, 0) is 62.4 Å². The van der Waals surface area contributed by atoms with E-state index in [1.807, 2.05) is 0 Å². The van der Waals surface area contributed by atoms with Crippen LogP contribution in [0.4, 0.5) is 5.69 Å². The van der Waals surface area contributed by atoms with E-state index >= 15 is 0 Å². The van der Waals surface area contributed by atoms with Crippen molar-refractivity contribution in [3.05, 3.63) is 28.8 Å². The monoisotopic (exact) mass is 385 g/mol. The number of piperidine rings is 1. The summed E-state index contributed by atoms with van der Waals surface area (Å²) in [5.41, 5.74) is 0.581. The van der Waals surface area contributed by atoms with Gasteiger partial charge >= 0.3 is 0 Å². The third-order valence-corrected chi connectivity index (χ3v) is 5.93. The number of nitrogens with zero attached hydrogens (tertiary/aromatic N) is 1. The van der Waals surface area contributed by atoms with E-state index in [-0.39, 0.29) is 11.6 Å². The first kappa shape index (κ1) is 18.5. The molecule has 0 bridgehead atoms. The molecule has 2 N–H and O–H groups in total. The van der Waals surface area contributed by atoms with Crippen LogP contribution in [0, 0.1) is 11.8 Å². The van der Waals surface area contributed by atoms with E-state index in [1.54, 1.807) is 11.0 Å². The normalized spacial score (nSPS) is 22.2. The Hall–Kier alpha value is -1.31. The van der Waals surface area contributed by atoms with E-state index in [0.29, 0.717) is 35.5 Å². The molecule has 25 heavy (non-hydrogen) atoms. The van der Waals surface area contributed by atoms with Crippen molar-refractivity contribution in [1.82, 2.24) is 10.2 Å². The second-order valence-corrected chi connectivity index (χ2v) is 9.13. The van der Waals surface area contributed by atoms with Gasteiger partial charge < -0.3 is 10.2 Å². The topological polar surface area (TPSA) is 78.5 Å². The van der Waals surface area contributed by atoms with Crippen LogP contribution in [0.2, 0.25) is 5.02 Å². The fourth-order valence-electron chi connectivity index (χ4n) is 3.81. The number of carbonyl (C=O) groups excluding carboxylic acids is 1. The maximum atomic E-state index is 12.9. The summed E-state index contributed by atoms with van der Waals surface area (Å²) in [6.07, 6.45) is 4.27. The summed E-state index contributed by atoms with van der Waals surface area (Å²) >= 11 is 6.03. The van der Waals surface area contributed by atoms with E-state index in [9.17, 15) is 13.2 Å².